The molecule has 2 fully saturated rings. The number of hydrogen-bond acceptors (Lipinski definition) is 2. The first-order valence-electron chi connectivity index (χ1n) is 7.00. The van der Waals surface area contributed by atoms with E-state index in [1.54, 1.807) is 0 Å². The van der Waals surface area contributed by atoms with Gasteiger partial charge in [-0.05, 0) is 37.5 Å². The highest BCUT2D eigenvalue weighted by atomic mass is 16.5. The third kappa shape index (κ3) is 3.80. The quantitative estimate of drug-likeness (QED) is 0.587. The number of rotatable bonds is 0. The molecule has 2 atom stereocenters. The smallest absolute Gasteiger partial charge is 0.306 e. The molecule has 92 valence electrons. The fraction of sp³-hybridized carbons (Fsp3) is 0.929. The van der Waals surface area contributed by atoms with Crippen molar-refractivity contribution in [3.8, 4) is 0 Å². The van der Waals surface area contributed by atoms with Crippen LogP contribution in [0.1, 0.15) is 64.2 Å². The predicted octanol–water partition coefficient (Wildman–Crippen LogP) is 3.69. The zero-order valence-corrected chi connectivity index (χ0v) is 10.2. The van der Waals surface area contributed by atoms with Crippen molar-refractivity contribution in [3.05, 3.63) is 0 Å². The molecule has 1 saturated carbocycles. The SMILES string of the molecule is O=C1C[C@@H]2CCCCC[C@H](CCCCO1)C2. The third-order valence-electron chi connectivity index (χ3n) is 4.12. The molecule has 0 N–H and O–H groups in total. The second-order valence-electron chi connectivity index (χ2n) is 5.53. The largest absolute Gasteiger partial charge is 0.466 e. The van der Waals surface area contributed by atoms with Crippen LogP contribution in [-0.2, 0) is 9.53 Å². The summed E-state index contributed by atoms with van der Waals surface area (Å²) >= 11 is 0. The van der Waals surface area contributed by atoms with E-state index in [-0.39, 0.29) is 5.97 Å². The van der Waals surface area contributed by atoms with E-state index in [1.165, 1.54) is 51.4 Å². The van der Waals surface area contributed by atoms with Gasteiger partial charge < -0.3 is 4.74 Å². The molecule has 0 radical (unpaired) electrons. The summed E-state index contributed by atoms with van der Waals surface area (Å²) in [5.74, 6) is 1.54. The van der Waals surface area contributed by atoms with Crippen molar-refractivity contribution in [1.29, 1.82) is 0 Å². The molecule has 1 heterocycles. The lowest BCUT2D eigenvalue weighted by molar-refractivity contribution is -0.145. The molecule has 0 aromatic rings. The number of esters is 1. The van der Waals surface area contributed by atoms with E-state index < -0.39 is 0 Å². The van der Waals surface area contributed by atoms with Crippen molar-refractivity contribution < 1.29 is 9.53 Å². The van der Waals surface area contributed by atoms with Gasteiger partial charge in [-0.3, -0.25) is 4.79 Å². The van der Waals surface area contributed by atoms with Crippen molar-refractivity contribution in [1.82, 2.24) is 0 Å². The Bertz CT molecular complexity index is 225. The Morgan fingerprint density at radius 2 is 1.56 bits per heavy atom. The van der Waals surface area contributed by atoms with Crippen LogP contribution in [0.5, 0.6) is 0 Å². The Kier molecular flexibility index (Phi) is 4.68. The first kappa shape index (κ1) is 11.9. The van der Waals surface area contributed by atoms with Crippen molar-refractivity contribution >= 4 is 5.97 Å². The van der Waals surface area contributed by atoms with Crippen LogP contribution in [0.25, 0.3) is 0 Å². The zero-order valence-electron chi connectivity index (χ0n) is 10.2. The van der Waals surface area contributed by atoms with Gasteiger partial charge in [-0.25, -0.2) is 0 Å². The van der Waals surface area contributed by atoms with Gasteiger partial charge in [0.2, 0.25) is 0 Å². The molecule has 2 bridgehead atoms. The molecule has 1 aliphatic heterocycles. The van der Waals surface area contributed by atoms with Gasteiger partial charge in [0.05, 0.1) is 6.61 Å². The van der Waals surface area contributed by atoms with E-state index in [1.807, 2.05) is 0 Å². The lowest BCUT2D eigenvalue weighted by atomic mass is 9.80. The first-order valence-corrected chi connectivity index (χ1v) is 7.00. The van der Waals surface area contributed by atoms with Gasteiger partial charge in [0.25, 0.3) is 0 Å². The van der Waals surface area contributed by atoms with Gasteiger partial charge in [-0.15, -0.1) is 0 Å². The van der Waals surface area contributed by atoms with Crippen molar-refractivity contribution in [2.45, 2.75) is 64.2 Å². The molecular weight excluding hydrogens is 200 g/mol. The van der Waals surface area contributed by atoms with Crippen molar-refractivity contribution in [3.63, 3.8) is 0 Å². The Morgan fingerprint density at radius 3 is 2.38 bits per heavy atom. The number of cyclic esters (lactones) is 1. The Balaban J connectivity index is 1.95. The second kappa shape index (κ2) is 6.27. The summed E-state index contributed by atoms with van der Waals surface area (Å²) in [4.78, 5) is 11.6. The fourth-order valence-electron chi connectivity index (χ4n) is 3.21. The molecule has 1 saturated heterocycles. The maximum atomic E-state index is 11.6. The van der Waals surface area contributed by atoms with Gasteiger partial charge in [0, 0.05) is 6.42 Å². The van der Waals surface area contributed by atoms with E-state index in [4.69, 9.17) is 4.74 Å². The minimum absolute atomic E-state index is 0.0474. The summed E-state index contributed by atoms with van der Waals surface area (Å²) in [5, 5.41) is 0. The van der Waals surface area contributed by atoms with Crippen LogP contribution in [0, 0.1) is 11.8 Å². The molecular formula is C14H24O2. The first-order chi connectivity index (χ1) is 7.84. The molecule has 16 heavy (non-hydrogen) atoms. The van der Waals surface area contributed by atoms with Crippen LogP contribution >= 0.6 is 0 Å². The lowest BCUT2D eigenvalue weighted by Gasteiger charge is -2.27. The van der Waals surface area contributed by atoms with Crippen LogP contribution < -0.4 is 0 Å². The van der Waals surface area contributed by atoms with Crippen LogP contribution in [-0.4, -0.2) is 12.6 Å². The summed E-state index contributed by atoms with van der Waals surface area (Å²) in [5.41, 5.74) is 0. The maximum absolute atomic E-state index is 11.6. The van der Waals surface area contributed by atoms with Gasteiger partial charge >= 0.3 is 5.97 Å². The normalized spacial score (nSPS) is 33.4. The summed E-state index contributed by atoms with van der Waals surface area (Å²) in [6, 6.07) is 0. The molecule has 1 aliphatic carbocycles. The van der Waals surface area contributed by atoms with Crippen molar-refractivity contribution in [2.75, 3.05) is 6.61 Å². The van der Waals surface area contributed by atoms with Gasteiger partial charge in [0.15, 0.2) is 0 Å². The van der Waals surface area contributed by atoms with Crippen LogP contribution in [0.2, 0.25) is 0 Å². The number of fused-ring (bicyclic) bond motifs is 2. The second-order valence-corrected chi connectivity index (χ2v) is 5.53. The summed E-state index contributed by atoms with van der Waals surface area (Å²) in [6.45, 7) is 0.651. The molecule has 2 rings (SSSR count). The highest BCUT2D eigenvalue weighted by Gasteiger charge is 2.22. The zero-order chi connectivity index (χ0) is 11.2. The Labute approximate surface area is 98.7 Å². The molecule has 0 amide bonds. The molecule has 0 aromatic carbocycles. The monoisotopic (exact) mass is 224 g/mol. The van der Waals surface area contributed by atoms with E-state index in [2.05, 4.69) is 0 Å². The standard InChI is InChI=1S/C14H24O2/c15-14-11-13-8-3-1-2-6-12(10-13)7-4-5-9-16-14/h12-13H,1-11H2/t12-,13-/m1/s1. The molecule has 2 aliphatic rings. The number of hydrogen-bond donors (Lipinski definition) is 0. The molecule has 2 nitrogen and oxygen atoms in total. The number of ether oxygens (including phenoxy) is 1. The van der Waals surface area contributed by atoms with Crippen molar-refractivity contribution in [2.24, 2.45) is 11.8 Å². The molecule has 2 heteroatoms. The summed E-state index contributed by atoms with van der Waals surface area (Å²) < 4.78 is 5.24. The van der Waals surface area contributed by atoms with Gasteiger partial charge in [-0.2, -0.15) is 0 Å². The average Bonchev–Trinajstić information content (AvgIpc) is 2.23. The van der Waals surface area contributed by atoms with E-state index >= 15 is 0 Å². The van der Waals surface area contributed by atoms with Crippen LogP contribution in [0.3, 0.4) is 0 Å². The third-order valence-corrected chi connectivity index (χ3v) is 4.12. The number of carbonyl (C=O) groups excluding carboxylic acids is 1. The Morgan fingerprint density at radius 1 is 0.875 bits per heavy atom. The van der Waals surface area contributed by atoms with Gasteiger partial charge in [-0.1, -0.05) is 32.1 Å². The Hall–Kier alpha value is -0.530. The topological polar surface area (TPSA) is 26.3 Å². The fourth-order valence-corrected chi connectivity index (χ4v) is 3.21. The summed E-state index contributed by atoms with van der Waals surface area (Å²) in [7, 11) is 0. The van der Waals surface area contributed by atoms with Crippen LogP contribution in [0.4, 0.5) is 0 Å². The van der Waals surface area contributed by atoms with Crippen LogP contribution in [0.15, 0.2) is 0 Å². The van der Waals surface area contributed by atoms with E-state index in [9.17, 15) is 4.79 Å². The average molecular weight is 224 g/mol. The minimum atomic E-state index is 0.0474. The van der Waals surface area contributed by atoms with E-state index in [0.29, 0.717) is 18.9 Å². The highest BCUT2D eigenvalue weighted by molar-refractivity contribution is 5.69. The highest BCUT2D eigenvalue weighted by Crippen LogP contribution is 2.32. The molecule has 0 spiro atoms. The molecule has 0 unspecified atom stereocenters. The number of carbonyl (C=O) groups is 1. The molecule has 0 aromatic heterocycles. The summed E-state index contributed by atoms with van der Waals surface area (Å²) in [6.07, 6.45) is 12.3. The maximum Gasteiger partial charge on any atom is 0.306 e. The van der Waals surface area contributed by atoms with E-state index in [0.717, 1.165) is 12.3 Å². The van der Waals surface area contributed by atoms with Gasteiger partial charge in [0.1, 0.15) is 0 Å². The minimum Gasteiger partial charge on any atom is -0.466 e. The predicted molar refractivity (Wildman–Crippen MR) is 64.1 cm³/mol. The lowest BCUT2D eigenvalue weighted by Crippen LogP contribution is -2.19.